The van der Waals surface area contributed by atoms with Crippen molar-refractivity contribution in [3.8, 4) is 0 Å². The van der Waals surface area contributed by atoms with Gasteiger partial charge in [0.15, 0.2) is 0 Å². The molecule has 6 heteroatoms. The summed E-state index contributed by atoms with van der Waals surface area (Å²) in [5.74, 6) is 0. The molecule has 0 bridgehead atoms. The van der Waals surface area contributed by atoms with Crippen LogP contribution in [0.5, 0.6) is 0 Å². The predicted molar refractivity (Wildman–Crippen MR) is 105 cm³/mol. The Bertz CT molecular complexity index is 539. The number of rotatable bonds is 4. The number of hydrogen-bond acceptors (Lipinski definition) is 6. The van der Waals surface area contributed by atoms with Gasteiger partial charge < -0.3 is 10.6 Å². The molecule has 2 N–H and O–H groups in total. The van der Waals surface area contributed by atoms with Gasteiger partial charge in [-0.15, -0.1) is 0 Å². The lowest BCUT2D eigenvalue weighted by atomic mass is 10.2. The van der Waals surface area contributed by atoms with Crippen molar-refractivity contribution in [2.45, 2.75) is 13.1 Å². The third-order valence-corrected chi connectivity index (χ3v) is 4.73. The molecule has 1 fully saturated rings. The first kappa shape index (κ1) is 18.9. The van der Waals surface area contributed by atoms with Gasteiger partial charge in [0.25, 0.3) is 0 Å². The van der Waals surface area contributed by atoms with Crippen LogP contribution in [0, 0.1) is 0 Å². The van der Waals surface area contributed by atoms with E-state index in [0.29, 0.717) is 0 Å². The van der Waals surface area contributed by atoms with Gasteiger partial charge in [0, 0.05) is 90.2 Å². The van der Waals surface area contributed by atoms with Gasteiger partial charge in [-0.2, -0.15) is 0 Å². The monoisotopic (exact) mass is 354 g/mol. The van der Waals surface area contributed by atoms with Crippen LogP contribution in [0.1, 0.15) is 11.1 Å². The Balaban J connectivity index is 1.46. The van der Waals surface area contributed by atoms with E-state index in [2.05, 4.69) is 54.7 Å². The van der Waals surface area contributed by atoms with Crippen LogP contribution in [0.4, 0.5) is 0 Å². The molecule has 0 saturated carbocycles. The normalized spacial score (nSPS) is 18.8. The first-order valence-electron chi connectivity index (χ1n) is 9.54. The molecule has 1 saturated heterocycles. The fourth-order valence-corrected chi connectivity index (χ4v) is 3.23. The van der Waals surface area contributed by atoms with Crippen molar-refractivity contribution >= 4 is 0 Å². The molecule has 26 heavy (non-hydrogen) atoms. The molecule has 2 aromatic heterocycles. The minimum Gasteiger partial charge on any atom is -0.314 e. The molecule has 3 heterocycles. The fourth-order valence-electron chi connectivity index (χ4n) is 3.23. The molecule has 0 radical (unpaired) electrons. The fraction of sp³-hybridized carbons (Fsp3) is 0.500. The Labute approximate surface area is 156 Å². The van der Waals surface area contributed by atoms with Crippen LogP contribution in [0.15, 0.2) is 49.1 Å². The van der Waals surface area contributed by atoms with E-state index in [1.807, 2.05) is 24.8 Å². The molecular weight excluding hydrogens is 324 g/mol. The second-order valence-corrected chi connectivity index (χ2v) is 6.76. The SMILES string of the molecule is c1cc(CN2CCNCCN(Cc3ccncc3)CCNCC2)ccn1. The summed E-state index contributed by atoms with van der Waals surface area (Å²) in [6.45, 7) is 10.3. The zero-order valence-corrected chi connectivity index (χ0v) is 15.5. The molecule has 0 amide bonds. The Morgan fingerprint density at radius 2 is 0.962 bits per heavy atom. The maximum absolute atomic E-state index is 4.11. The first-order chi connectivity index (χ1) is 12.9. The smallest absolute Gasteiger partial charge is 0.0271 e. The van der Waals surface area contributed by atoms with Gasteiger partial charge in [-0.1, -0.05) is 0 Å². The van der Waals surface area contributed by atoms with Gasteiger partial charge in [0.05, 0.1) is 0 Å². The van der Waals surface area contributed by atoms with Crippen molar-refractivity contribution in [3.63, 3.8) is 0 Å². The van der Waals surface area contributed by atoms with Crippen LogP contribution in [-0.4, -0.2) is 72.1 Å². The molecule has 0 spiro atoms. The predicted octanol–water partition coefficient (Wildman–Crippen LogP) is 0.974. The van der Waals surface area contributed by atoms with E-state index in [1.54, 1.807) is 0 Å². The lowest BCUT2D eigenvalue weighted by Gasteiger charge is -2.27. The number of nitrogens with one attached hydrogen (secondary N) is 2. The summed E-state index contributed by atoms with van der Waals surface area (Å²) in [4.78, 5) is 13.2. The molecule has 2 aromatic rings. The topological polar surface area (TPSA) is 56.3 Å². The molecule has 0 aliphatic carbocycles. The highest BCUT2D eigenvalue weighted by atomic mass is 15.2. The minimum absolute atomic E-state index is 0.986. The molecule has 3 rings (SSSR count). The molecular formula is C20H30N6. The molecule has 1 aliphatic heterocycles. The van der Waals surface area contributed by atoms with Crippen molar-refractivity contribution in [1.29, 1.82) is 0 Å². The Hall–Kier alpha value is -1.86. The molecule has 6 nitrogen and oxygen atoms in total. The minimum atomic E-state index is 0.986. The number of nitrogens with zero attached hydrogens (tertiary/aromatic N) is 4. The third kappa shape index (κ3) is 6.80. The molecule has 140 valence electrons. The van der Waals surface area contributed by atoms with E-state index in [-0.39, 0.29) is 0 Å². The lowest BCUT2D eigenvalue weighted by molar-refractivity contribution is 0.233. The summed E-state index contributed by atoms with van der Waals surface area (Å²) in [5.41, 5.74) is 2.66. The molecule has 1 aliphatic rings. The summed E-state index contributed by atoms with van der Waals surface area (Å²) in [5, 5.41) is 7.21. The first-order valence-corrected chi connectivity index (χ1v) is 9.54. The largest absolute Gasteiger partial charge is 0.314 e. The quantitative estimate of drug-likeness (QED) is 0.854. The molecule has 0 unspecified atom stereocenters. The molecule has 0 aromatic carbocycles. The van der Waals surface area contributed by atoms with E-state index < -0.39 is 0 Å². The second kappa shape index (κ2) is 11.0. The maximum atomic E-state index is 4.11. The van der Waals surface area contributed by atoms with E-state index >= 15 is 0 Å². The molecule has 0 atom stereocenters. The average molecular weight is 355 g/mol. The van der Waals surface area contributed by atoms with Crippen LogP contribution in [0.3, 0.4) is 0 Å². The second-order valence-electron chi connectivity index (χ2n) is 6.76. The Kier molecular flexibility index (Phi) is 7.99. The van der Waals surface area contributed by atoms with E-state index in [9.17, 15) is 0 Å². The lowest BCUT2D eigenvalue weighted by Crippen LogP contribution is -2.42. The Morgan fingerprint density at radius 1 is 0.615 bits per heavy atom. The average Bonchev–Trinajstić information content (AvgIpc) is 2.67. The highest BCUT2D eigenvalue weighted by Crippen LogP contribution is 2.04. The number of pyridine rings is 2. The van der Waals surface area contributed by atoms with Crippen molar-refractivity contribution in [1.82, 2.24) is 30.4 Å². The zero-order chi connectivity index (χ0) is 17.9. The van der Waals surface area contributed by atoms with Crippen molar-refractivity contribution in [2.24, 2.45) is 0 Å². The highest BCUT2D eigenvalue weighted by Gasteiger charge is 2.09. The number of hydrogen-bond donors (Lipinski definition) is 2. The van der Waals surface area contributed by atoms with Gasteiger partial charge in [-0.05, 0) is 35.4 Å². The van der Waals surface area contributed by atoms with Gasteiger partial charge in [0.2, 0.25) is 0 Å². The standard InChI is InChI=1S/C20H30N6/c1-5-21-6-2-19(1)17-25-13-9-23-11-15-26(16-12-24-10-14-25)18-20-3-7-22-8-4-20/h1-8,23-24H,9-18H2. The summed E-state index contributed by atoms with van der Waals surface area (Å²) in [7, 11) is 0. The van der Waals surface area contributed by atoms with Crippen LogP contribution < -0.4 is 10.6 Å². The van der Waals surface area contributed by atoms with Crippen molar-refractivity contribution in [2.75, 3.05) is 52.4 Å². The van der Waals surface area contributed by atoms with Crippen LogP contribution >= 0.6 is 0 Å². The van der Waals surface area contributed by atoms with Gasteiger partial charge in [-0.25, -0.2) is 0 Å². The van der Waals surface area contributed by atoms with E-state index in [4.69, 9.17) is 0 Å². The Morgan fingerprint density at radius 3 is 1.31 bits per heavy atom. The maximum Gasteiger partial charge on any atom is 0.0271 e. The summed E-state index contributed by atoms with van der Waals surface area (Å²) >= 11 is 0. The van der Waals surface area contributed by atoms with Gasteiger partial charge in [0.1, 0.15) is 0 Å². The van der Waals surface area contributed by atoms with Crippen LogP contribution in [-0.2, 0) is 13.1 Å². The van der Waals surface area contributed by atoms with Crippen LogP contribution in [0.25, 0.3) is 0 Å². The van der Waals surface area contributed by atoms with Gasteiger partial charge >= 0.3 is 0 Å². The number of aromatic nitrogens is 2. The summed E-state index contributed by atoms with van der Waals surface area (Å²) < 4.78 is 0. The highest BCUT2D eigenvalue weighted by molar-refractivity contribution is 5.10. The van der Waals surface area contributed by atoms with Gasteiger partial charge in [-0.3, -0.25) is 19.8 Å². The van der Waals surface area contributed by atoms with Crippen molar-refractivity contribution in [3.05, 3.63) is 60.2 Å². The zero-order valence-electron chi connectivity index (χ0n) is 15.5. The van der Waals surface area contributed by atoms with Crippen molar-refractivity contribution < 1.29 is 0 Å². The van der Waals surface area contributed by atoms with Crippen LogP contribution in [0.2, 0.25) is 0 Å². The van der Waals surface area contributed by atoms with E-state index in [1.165, 1.54) is 11.1 Å². The third-order valence-electron chi connectivity index (χ3n) is 4.73. The van der Waals surface area contributed by atoms with E-state index in [0.717, 1.165) is 65.4 Å². The summed E-state index contributed by atoms with van der Waals surface area (Å²) in [6.07, 6.45) is 7.50. The summed E-state index contributed by atoms with van der Waals surface area (Å²) in [6, 6.07) is 8.42.